The van der Waals surface area contributed by atoms with Crippen molar-refractivity contribution in [3.8, 4) is 11.5 Å². The van der Waals surface area contributed by atoms with Crippen LogP contribution in [-0.4, -0.2) is 26.2 Å². The standard InChI is InChI=1S/C11H16N2O3.ClH/c1-7(12)11(14)13-9-6-8(15-2)4-5-10(9)16-3;/h4-7H,12H2,1-3H3,(H,13,14);1H/t7-;/m0./s1. The molecular formula is C11H17ClN2O3. The van der Waals surface area contributed by atoms with Crippen molar-refractivity contribution in [1.29, 1.82) is 0 Å². The monoisotopic (exact) mass is 260 g/mol. The molecule has 1 rings (SSSR count). The zero-order chi connectivity index (χ0) is 12.1. The average Bonchev–Trinajstić information content (AvgIpc) is 2.28. The number of halogens is 1. The molecule has 0 aliphatic heterocycles. The number of benzene rings is 1. The van der Waals surface area contributed by atoms with Crippen molar-refractivity contribution >= 4 is 24.0 Å². The number of rotatable bonds is 4. The number of carbonyl (C=O) groups excluding carboxylic acids is 1. The fourth-order valence-corrected chi connectivity index (χ4v) is 1.16. The van der Waals surface area contributed by atoms with E-state index in [0.29, 0.717) is 17.2 Å². The lowest BCUT2D eigenvalue weighted by Gasteiger charge is -2.12. The van der Waals surface area contributed by atoms with Gasteiger partial charge in [0.25, 0.3) is 0 Å². The van der Waals surface area contributed by atoms with Crippen LogP contribution < -0.4 is 20.5 Å². The van der Waals surface area contributed by atoms with Gasteiger partial charge in [-0.2, -0.15) is 0 Å². The van der Waals surface area contributed by atoms with Crippen LogP contribution in [0.5, 0.6) is 11.5 Å². The molecule has 1 aromatic rings. The maximum atomic E-state index is 11.4. The molecule has 3 N–H and O–H groups in total. The van der Waals surface area contributed by atoms with E-state index in [1.165, 1.54) is 7.11 Å². The molecule has 6 heteroatoms. The third-order valence-electron chi connectivity index (χ3n) is 2.08. The van der Waals surface area contributed by atoms with Crippen molar-refractivity contribution in [3.63, 3.8) is 0 Å². The van der Waals surface area contributed by atoms with Crippen LogP contribution in [-0.2, 0) is 4.79 Å². The molecule has 96 valence electrons. The Labute approximate surface area is 107 Å². The third-order valence-corrected chi connectivity index (χ3v) is 2.08. The molecule has 0 radical (unpaired) electrons. The smallest absolute Gasteiger partial charge is 0.241 e. The van der Waals surface area contributed by atoms with E-state index in [9.17, 15) is 4.79 Å². The van der Waals surface area contributed by atoms with Gasteiger partial charge in [0.15, 0.2) is 0 Å². The van der Waals surface area contributed by atoms with Crippen LogP contribution in [0.1, 0.15) is 6.92 Å². The lowest BCUT2D eigenvalue weighted by atomic mass is 10.2. The second kappa shape index (κ2) is 6.98. The molecule has 1 atom stereocenters. The van der Waals surface area contributed by atoms with Gasteiger partial charge in [0.1, 0.15) is 11.5 Å². The Balaban J connectivity index is 0.00000256. The van der Waals surface area contributed by atoms with E-state index in [0.717, 1.165) is 0 Å². The predicted octanol–water partition coefficient (Wildman–Crippen LogP) is 1.41. The number of carbonyl (C=O) groups is 1. The van der Waals surface area contributed by atoms with E-state index in [2.05, 4.69) is 5.32 Å². The Bertz CT molecular complexity index is 383. The van der Waals surface area contributed by atoms with E-state index in [1.54, 1.807) is 32.2 Å². The fourth-order valence-electron chi connectivity index (χ4n) is 1.16. The van der Waals surface area contributed by atoms with Crippen molar-refractivity contribution in [1.82, 2.24) is 0 Å². The van der Waals surface area contributed by atoms with Crippen molar-refractivity contribution in [2.75, 3.05) is 19.5 Å². The Morgan fingerprint density at radius 2 is 2.00 bits per heavy atom. The summed E-state index contributed by atoms with van der Waals surface area (Å²) >= 11 is 0. The van der Waals surface area contributed by atoms with Gasteiger partial charge in [-0.15, -0.1) is 12.4 Å². The van der Waals surface area contributed by atoms with Crippen LogP contribution in [0.2, 0.25) is 0 Å². The molecule has 1 aromatic carbocycles. The molecule has 5 nitrogen and oxygen atoms in total. The zero-order valence-electron chi connectivity index (χ0n) is 10.0. The molecule has 0 unspecified atom stereocenters. The minimum absolute atomic E-state index is 0. The molecule has 0 aromatic heterocycles. The van der Waals surface area contributed by atoms with E-state index < -0.39 is 6.04 Å². The summed E-state index contributed by atoms with van der Waals surface area (Å²) < 4.78 is 10.2. The van der Waals surface area contributed by atoms with Crippen molar-refractivity contribution in [2.24, 2.45) is 5.73 Å². The Hall–Kier alpha value is -1.46. The number of hydrogen-bond donors (Lipinski definition) is 2. The predicted molar refractivity (Wildman–Crippen MR) is 69.1 cm³/mol. The molecule has 0 fully saturated rings. The van der Waals surface area contributed by atoms with E-state index >= 15 is 0 Å². The summed E-state index contributed by atoms with van der Waals surface area (Å²) in [4.78, 5) is 11.4. The number of nitrogens with one attached hydrogen (secondary N) is 1. The largest absolute Gasteiger partial charge is 0.497 e. The highest BCUT2D eigenvalue weighted by molar-refractivity contribution is 5.95. The van der Waals surface area contributed by atoms with Gasteiger partial charge in [-0.3, -0.25) is 4.79 Å². The summed E-state index contributed by atoms with van der Waals surface area (Å²) in [6.45, 7) is 1.61. The quantitative estimate of drug-likeness (QED) is 0.859. The maximum absolute atomic E-state index is 11.4. The van der Waals surface area contributed by atoms with Gasteiger partial charge in [-0.05, 0) is 19.1 Å². The Morgan fingerprint density at radius 3 is 2.47 bits per heavy atom. The van der Waals surface area contributed by atoms with Crippen LogP contribution in [0.4, 0.5) is 5.69 Å². The number of amides is 1. The van der Waals surface area contributed by atoms with Crippen molar-refractivity contribution < 1.29 is 14.3 Å². The molecule has 0 heterocycles. The Morgan fingerprint density at radius 1 is 1.35 bits per heavy atom. The van der Waals surface area contributed by atoms with Crippen molar-refractivity contribution in [3.05, 3.63) is 18.2 Å². The van der Waals surface area contributed by atoms with Gasteiger partial charge in [-0.25, -0.2) is 0 Å². The number of ether oxygens (including phenoxy) is 2. The molecule has 0 aliphatic rings. The van der Waals surface area contributed by atoms with Gasteiger partial charge in [0.05, 0.1) is 25.9 Å². The molecule has 1 amide bonds. The van der Waals surface area contributed by atoms with Crippen molar-refractivity contribution in [2.45, 2.75) is 13.0 Å². The highest BCUT2D eigenvalue weighted by Crippen LogP contribution is 2.28. The van der Waals surface area contributed by atoms with Gasteiger partial charge in [-0.1, -0.05) is 0 Å². The SMILES string of the molecule is COc1ccc(OC)c(NC(=O)[C@H](C)N)c1.Cl. The first-order valence-electron chi connectivity index (χ1n) is 4.87. The first kappa shape index (κ1) is 15.5. The number of methoxy groups -OCH3 is 2. The lowest BCUT2D eigenvalue weighted by Crippen LogP contribution is -2.32. The minimum Gasteiger partial charge on any atom is -0.497 e. The summed E-state index contributed by atoms with van der Waals surface area (Å²) in [5.74, 6) is 0.933. The topological polar surface area (TPSA) is 73.6 Å². The number of nitrogens with two attached hydrogens (primary N) is 1. The molecular weight excluding hydrogens is 244 g/mol. The van der Waals surface area contributed by atoms with Gasteiger partial charge in [0.2, 0.25) is 5.91 Å². The fraction of sp³-hybridized carbons (Fsp3) is 0.364. The second-order valence-corrected chi connectivity index (χ2v) is 3.34. The van der Waals surface area contributed by atoms with E-state index in [-0.39, 0.29) is 18.3 Å². The second-order valence-electron chi connectivity index (χ2n) is 3.34. The van der Waals surface area contributed by atoms with Gasteiger partial charge >= 0.3 is 0 Å². The first-order chi connectivity index (χ1) is 7.58. The summed E-state index contributed by atoms with van der Waals surface area (Å²) in [7, 11) is 3.09. The first-order valence-corrected chi connectivity index (χ1v) is 4.87. The number of hydrogen-bond acceptors (Lipinski definition) is 4. The molecule has 0 bridgehead atoms. The number of anilines is 1. The third kappa shape index (κ3) is 4.13. The summed E-state index contributed by atoms with van der Waals surface area (Å²) in [5.41, 5.74) is 6.01. The highest BCUT2D eigenvalue weighted by Gasteiger charge is 2.11. The van der Waals surface area contributed by atoms with E-state index in [1.807, 2.05) is 0 Å². The van der Waals surface area contributed by atoms with Gasteiger partial charge < -0.3 is 20.5 Å². The normalized spacial score (nSPS) is 11.1. The zero-order valence-corrected chi connectivity index (χ0v) is 10.8. The molecule has 0 spiro atoms. The van der Waals surface area contributed by atoms with E-state index in [4.69, 9.17) is 15.2 Å². The molecule has 0 saturated carbocycles. The van der Waals surface area contributed by atoms with Crippen LogP contribution in [0.25, 0.3) is 0 Å². The van der Waals surface area contributed by atoms with Crippen LogP contribution in [0.3, 0.4) is 0 Å². The van der Waals surface area contributed by atoms with Crippen LogP contribution in [0.15, 0.2) is 18.2 Å². The summed E-state index contributed by atoms with van der Waals surface area (Å²) in [6.07, 6.45) is 0. The summed E-state index contributed by atoms with van der Waals surface area (Å²) in [6, 6.07) is 4.57. The molecule has 0 aliphatic carbocycles. The molecule has 0 saturated heterocycles. The van der Waals surface area contributed by atoms with Crippen LogP contribution in [0, 0.1) is 0 Å². The maximum Gasteiger partial charge on any atom is 0.241 e. The average molecular weight is 261 g/mol. The lowest BCUT2D eigenvalue weighted by molar-refractivity contribution is -0.117. The molecule has 17 heavy (non-hydrogen) atoms. The summed E-state index contributed by atoms with van der Waals surface area (Å²) in [5, 5.41) is 2.67. The highest BCUT2D eigenvalue weighted by atomic mass is 35.5. The van der Waals surface area contributed by atoms with Crippen LogP contribution >= 0.6 is 12.4 Å². The van der Waals surface area contributed by atoms with Gasteiger partial charge in [0, 0.05) is 6.07 Å². The Kier molecular flexibility index (Phi) is 6.38. The minimum atomic E-state index is -0.573.